The fourth-order valence-corrected chi connectivity index (χ4v) is 6.11. The summed E-state index contributed by atoms with van der Waals surface area (Å²) in [5, 5.41) is 4.49. The van der Waals surface area contributed by atoms with E-state index in [1.165, 1.54) is 16.4 Å². The summed E-state index contributed by atoms with van der Waals surface area (Å²) in [5.41, 5.74) is 2.65. The van der Waals surface area contributed by atoms with E-state index in [4.69, 9.17) is 0 Å². The minimum absolute atomic E-state index is 0.0242. The van der Waals surface area contributed by atoms with Gasteiger partial charge in [0.2, 0.25) is 10.0 Å². The minimum Gasteiger partial charge on any atom is -0.269 e. The molecule has 0 amide bonds. The highest BCUT2D eigenvalue weighted by Crippen LogP contribution is 2.28. The van der Waals surface area contributed by atoms with Gasteiger partial charge in [-0.3, -0.25) is 4.68 Å². The largest absolute Gasteiger partial charge is 0.269 e. The van der Waals surface area contributed by atoms with Gasteiger partial charge in [0.1, 0.15) is 0 Å². The maximum atomic E-state index is 13.1. The molecule has 1 saturated heterocycles. The van der Waals surface area contributed by atoms with Crippen LogP contribution in [-0.2, 0) is 26.4 Å². The predicted molar refractivity (Wildman–Crippen MR) is 107 cm³/mol. The van der Waals surface area contributed by atoms with E-state index in [9.17, 15) is 16.8 Å². The molecule has 0 saturated carbocycles. The summed E-state index contributed by atoms with van der Waals surface area (Å²) in [5.74, 6) is 0.368. The number of benzene rings is 1. The number of rotatable bonds is 5. The van der Waals surface area contributed by atoms with Gasteiger partial charge in [0.15, 0.2) is 9.84 Å². The first-order valence-corrected chi connectivity index (χ1v) is 12.6. The highest BCUT2D eigenvalue weighted by molar-refractivity contribution is 7.91. The lowest BCUT2D eigenvalue weighted by Gasteiger charge is -2.31. The van der Waals surface area contributed by atoms with Gasteiger partial charge in [-0.15, -0.1) is 0 Å². The normalized spacial score (nSPS) is 17.1. The van der Waals surface area contributed by atoms with Crippen molar-refractivity contribution in [3.05, 3.63) is 41.2 Å². The summed E-state index contributed by atoms with van der Waals surface area (Å²) < 4.78 is 53.4. The Morgan fingerprint density at radius 2 is 1.68 bits per heavy atom. The maximum Gasteiger partial charge on any atom is 0.243 e. The van der Waals surface area contributed by atoms with Crippen molar-refractivity contribution in [2.75, 3.05) is 19.3 Å². The third-order valence-corrected chi connectivity index (χ3v) is 8.46. The van der Waals surface area contributed by atoms with Crippen LogP contribution in [0, 0.1) is 26.7 Å². The van der Waals surface area contributed by atoms with Crippen LogP contribution < -0.4 is 0 Å². The highest BCUT2D eigenvalue weighted by atomic mass is 32.2. The zero-order chi connectivity index (χ0) is 20.7. The van der Waals surface area contributed by atoms with Crippen LogP contribution in [0.25, 0.3) is 0 Å². The van der Waals surface area contributed by atoms with Gasteiger partial charge < -0.3 is 0 Å². The number of hydrogen-bond acceptors (Lipinski definition) is 5. The molecule has 1 aliphatic rings. The van der Waals surface area contributed by atoms with Crippen molar-refractivity contribution in [3.63, 3.8) is 0 Å². The zero-order valence-electron chi connectivity index (χ0n) is 16.7. The Morgan fingerprint density at radius 3 is 2.21 bits per heavy atom. The lowest BCUT2D eigenvalue weighted by molar-refractivity contribution is 0.246. The number of piperidine rings is 1. The summed E-state index contributed by atoms with van der Waals surface area (Å²) in [6.07, 6.45) is 2.59. The van der Waals surface area contributed by atoms with Gasteiger partial charge in [-0.05, 0) is 63.3 Å². The van der Waals surface area contributed by atoms with Gasteiger partial charge in [-0.2, -0.15) is 9.40 Å². The van der Waals surface area contributed by atoms with Crippen LogP contribution in [-0.4, -0.2) is 50.3 Å². The van der Waals surface area contributed by atoms with Crippen LogP contribution in [0.15, 0.2) is 34.1 Å². The molecule has 1 fully saturated rings. The molecule has 28 heavy (non-hydrogen) atoms. The predicted octanol–water partition coefficient (Wildman–Crippen LogP) is 2.31. The van der Waals surface area contributed by atoms with Gasteiger partial charge >= 0.3 is 0 Å². The third-order valence-electron chi connectivity index (χ3n) is 5.31. The number of hydrogen-bond donors (Lipinski definition) is 0. The SMILES string of the molecule is Cc1cc(C)n(CC2CCN(S(=O)(=O)c3cc(S(C)(=O)=O)ccc3C)CC2)n1. The fourth-order valence-electron chi connectivity index (χ4n) is 3.66. The Kier molecular flexibility index (Phi) is 5.71. The standard InChI is InChI=1S/C19H27N3O4S2/c1-14-5-6-18(27(4,23)24)12-19(14)28(25,26)21-9-7-17(8-10-21)13-22-16(3)11-15(2)20-22/h5-6,11-12,17H,7-10,13H2,1-4H3. The molecule has 154 valence electrons. The Labute approximate surface area is 167 Å². The summed E-state index contributed by atoms with van der Waals surface area (Å²) in [7, 11) is -7.20. The van der Waals surface area contributed by atoms with E-state index >= 15 is 0 Å². The van der Waals surface area contributed by atoms with E-state index in [1.807, 2.05) is 24.6 Å². The van der Waals surface area contributed by atoms with E-state index < -0.39 is 19.9 Å². The zero-order valence-corrected chi connectivity index (χ0v) is 18.3. The van der Waals surface area contributed by atoms with Gasteiger partial charge in [0, 0.05) is 31.6 Å². The molecule has 2 heterocycles. The smallest absolute Gasteiger partial charge is 0.243 e. The molecule has 2 aromatic rings. The van der Waals surface area contributed by atoms with Crippen LogP contribution in [0.2, 0.25) is 0 Å². The van der Waals surface area contributed by atoms with Gasteiger partial charge in [-0.1, -0.05) is 6.07 Å². The second kappa shape index (κ2) is 7.61. The summed E-state index contributed by atoms with van der Waals surface area (Å²) >= 11 is 0. The lowest BCUT2D eigenvalue weighted by Crippen LogP contribution is -2.39. The van der Waals surface area contributed by atoms with Crippen molar-refractivity contribution in [1.29, 1.82) is 0 Å². The van der Waals surface area contributed by atoms with Crippen molar-refractivity contribution in [2.24, 2.45) is 5.92 Å². The Balaban J connectivity index is 1.75. The topological polar surface area (TPSA) is 89.3 Å². The average Bonchev–Trinajstić information content (AvgIpc) is 2.91. The molecule has 0 unspecified atom stereocenters. The quantitative estimate of drug-likeness (QED) is 0.733. The molecule has 0 radical (unpaired) electrons. The minimum atomic E-state index is -3.73. The van der Waals surface area contributed by atoms with Crippen LogP contribution in [0.1, 0.15) is 29.8 Å². The average molecular weight is 426 g/mol. The summed E-state index contributed by atoms with van der Waals surface area (Å²) in [6.45, 7) is 7.32. The van der Waals surface area contributed by atoms with Crippen LogP contribution in [0.5, 0.6) is 0 Å². The Bertz CT molecular complexity index is 1080. The van der Waals surface area contributed by atoms with Crippen LogP contribution in [0.3, 0.4) is 0 Å². The Morgan fingerprint density at radius 1 is 1.04 bits per heavy atom. The molecule has 0 aliphatic carbocycles. The molecule has 1 aliphatic heterocycles. The van der Waals surface area contributed by atoms with Gasteiger partial charge in [0.05, 0.1) is 15.5 Å². The molecule has 0 bridgehead atoms. The van der Waals surface area contributed by atoms with E-state index in [-0.39, 0.29) is 9.79 Å². The van der Waals surface area contributed by atoms with E-state index in [0.29, 0.717) is 24.6 Å². The van der Waals surface area contributed by atoms with Crippen LogP contribution >= 0.6 is 0 Å². The number of sulfonamides is 1. The molecule has 1 aromatic heterocycles. The van der Waals surface area contributed by atoms with Crippen molar-refractivity contribution in [2.45, 2.75) is 49.9 Å². The maximum absolute atomic E-state index is 13.1. The molecule has 0 spiro atoms. The van der Waals surface area contributed by atoms with Crippen molar-refractivity contribution in [1.82, 2.24) is 14.1 Å². The lowest BCUT2D eigenvalue weighted by atomic mass is 9.98. The van der Waals surface area contributed by atoms with Crippen molar-refractivity contribution in [3.8, 4) is 0 Å². The molecular weight excluding hydrogens is 398 g/mol. The third kappa shape index (κ3) is 4.31. The van der Waals surface area contributed by atoms with E-state index in [2.05, 4.69) is 5.10 Å². The molecule has 7 nitrogen and oxygen atoms in total. The molecule has 9 heteroatoms. The first-order chi connectivity index (χ1) is 13.0. The first kappa shape index (κ1) is 21.0. The molecule has 0 N–H and O–H groups in total. The fraction of sp³-hybridized carbons (Fsp3) is 0.526. The molecule has 3 rings (SSSR count). The monoisotopic (exact) mass is 425 g/mol. The van der Waals surface area contributed by atoms with Gasteiger partial charge in [-0.25, -0.2) is 16.8 Å². The first-order valence-electron chi connectivity index (χ1n) is 9.30. The van der Waals surface area contributed by atoms with E-state index in [1.54, 1.807) is 13.0 Å². The number of aromatic nitrogens is 2. The van der Waals surface area contributed by atoms with Crippen molar-refractivity contribution < 1.29 is 16.8 Å². The second-order valence-electron chi connectivity index (χ2n) is 7.66. The molecule has 1 aromatic carbocycles. The van der Waals surface area contributed by atoms with Gasteiger partial charge in [0.25, 0.3) is 0 Å². The number of aryl methyl sites for hydroxylation is 3. The molecular formula is C19H27N3O4S2. The summed E-state index contributed by atoms with van der Waals surface area (Å²) in [4.78, 5) is 0.100. The van der Waals surface area contributed by atoms with Crippen molar-refractivity contribution >= 4 is 19.9 Å². The Hall–Kier alpha value is -1.71. The summed E-state index contributed by atoms with van der Waals surface area (Å²) in [6, 6.07) is 6.32. The number of sulfone groups is 1. The van der Waals surface area contributed by atoms with Crippen LogP contribution in [0.4, 0.5) is 0 Å². The van der Waals surface area contributed by atoms with E-state index in [0.717, 1.165) is 37.0 Å². The molecule has 0 atom stereocenters. The highest BCUT2D eigenvalue weighted by Gasteiger charge is 2.31. The second-order valence-corrected chi connectivity index (χ2v) is 11.6. The number of nitrogens with zero attached hydrogens (tertiary/aromatic N) is 3.